The predicted octanol–water partition coefficient (Wildman–Crippen LogP) is -5.55. The van der Waals surface area contributed by atoms with Crippen molar-refractivity contribution in [3.8, 4) is 0 Å². The van der Waals surface area contributed by atoms with Crippen molar-refractivity contribution in [2.24, 2.45) is 0 Å². The monoisotopic (exact) mass is 342 g/mol. The van der Waals surface area contributed by atoms with Crippen LogP contribution in [-0.4, -0.2) is 115 Å². The number of carbonyl (C=O) groups excluding carboxylic acids is 1. The molecule has 11 heteroatoms. The smallest absolute Gasteiger partial charge is 0.189 e. The molecule has 11 nitrogen and oxygen atoms in total. The van der Waals surface area contributed by atoms with Crippen molar-refractivity contribution in [3.63, 3.8) is 0 Å². The van der Waals surface area contributed by atoms with E-state index < -0.39 is 74.6 Å². The zero-order valence-corrected chi connectivity index (χ0v) is 12.0. The minimum absolute atomic E-state index is 0.667. The van der Waals surface area contributed by atoms with Crippen LogP contribution in [-0.2, 0) is 14.3 Å². The minimum atomic E-state index is -2.03. The van der Waals surface area contributed by atoms with Crippen molar-refractivity contribution in [2.75, 3.05) is 19.8 Å². The highest BCUT2D eigenvalue weighted by Gasteiger charge is 2.44. The van der Waals surface area contributed by atoms with E-state index in [1.54, 1.807) is 0 Å². The maximum absolute atomic E-state index is 11.0. The minimum Gasteiger partial charge on any atom is -0.394 e. The van der Waals surface area contributed by atoms with Crippen molar-refractivity contribution in [1.29, 1.82) is 0 Å². The Kier molecular flexibility index (Phi) is 7.89. The highest BCUT2D eigenvalue weighted by atomic mass is 16.7. The number of aliphatic hydroxyl groups is 8. The van der Waals surface area contributed by atoms with Gasteiger partial charge in [0.1, 0.15) is 49.3 Å². The molecule has 0 aromatic carbocycles. The summed E-state index contributed by atoms with van der Waals surface area (Å²) >= 11 is 0. The fraction of sp³-hybridized carbons (Fsp3) is 0.917. The first-order valence-corrected chi connectivity index (χ1v) is 6.84. The number of aliphatic hydroxyl groups excluding tert-OH is 8. The topological polar surface area (TPSA) is 197 Å². The van der Waals surface area contributed by atoms with E-state index in [2.05, 4.69) is 0 Å². The third-order valence-corrected chi connectivity index (χ3v) is 3.48. The molecule has 0 amide bonds. The number of ketones is 1. The lowest BCUT2D eigenvalue weighted by atomic mass is 9.99. The molecule has 0 aromatic heterocycles. The Bertz CT molecular complexity index is 376. The van der Waals surface area contributed by atoms with Crippen molar-refractivity contribution in [3.05, 3.63) is 0 Å². The molecule has 0 aliphatic carbocycles. The molecule has 0 radical (unpaired) electrons. The molecule has 8 N–H and O–H groups in total. The summed E-state index contributed by atoms with van der Waals surface area (Å²) in [6.07, 6.45) is -13.4. The molecule has 23 heavy (non-hydrogen) atoms. The number of rotatable bonds is 8. The van der Waals surface area contributed by atoms with Crippen LogP contribution in [0.15, 0.2) is 0 Å². The van der Waals surface area contributed by atoms with Gasteiger partial charge in [0, 0.05) is 0 Å². The summed E-state index contributed by atoms with van der Waals surface area (Å²) in [5, 5.41) is 74.8. The predicted molar refractivity (Wildman–Crippen MR) is 69.8 cm³/mol. The van der Waals surface area contributed by atoms with Crippen LogP contribution >= 0.6 is 0 Å². The summed E-state index contributed by atoms with van der Waals surface area (Å²) in [5.41, 5.74) is 0. The first kappa shape index (κ1) is 20.3. The highest BCUT2D eigenvalue weighted by molar-refractivity contribution is 5.84. The van der Waals surface area contributed by atoms with E-state index in [0.29, 0.717) is 0 Å². The normalized spacial score (nSPS) is 35.6. The van der Waals surface area contributed by atoms with E-state index in [0.717, 1.165) is 0 Å². The molecule has 1 heterocycles. The first-order chi connectivity index (χ1) is 10.7. The van der Waals surface area contributed by atoms with E-state index in [9.17, 15) is 35.4 Å². The first-order valence-electron chi connectivity index (χ1n) is 6.84. The molecule has 0 bridgehead atoms. The Morgan fingerprint density at radius 3 is 2.17 bits per heavy atom. The molecule has 0 saturated carbocycles. The van der Waals surface area contributed by atoms with Crippen molar-refractivity contribution < 1.29 is 55.1 Å². The number of Topliss-reactive ketones (excluding diaryl/α,β-unsaturated/α-hetero) is 1. The van der Waals surface area contributed by atoms with Gasteiger partial charge >= 0.3 is 0 Å². The standard InChI is InChI=1S/C12H22O11/c13-1-4(15)7(17)8(18)5(16)3-22-12-11(21)10(20)9(19)6(2-14)23-12/h5-14,16-21H,1-3H2/t5-,6-,7+,8+,9-,10+,11-,12?/m1/s1. The molecule has 1 fully saturated rings. The quantitative estimate of drug-likeness (QED) is 0.209. The van der Waals surface area contributed by atoms with E-state index in [1.165, 1.54) is 0 Å². The van der Waals surface area contributed by atoms with Gasteiger partial charge in [0.2, 0.25) is 0 Å². The highest BCUT2D eigenvalue weighted by Crippen LogP contribution is 2.22. The zero-order chi connectivity index (χ0) is 17.7. The maximum Gasteiger partial charge on any atom is 0.189 e. The molecule has 0 aromatic rings. The second-order valence-corrected chi connectivity index (χ2v) is 5.16. The van der Waals surface area contributed by atoms with E-state index >= 15 is 0 Å². The van der Waals surface area contributed by atoms with Gasteiger partial charge in [-0.3, -0.25) is 4.79 Å². The molecule has 1 aliphatic rings. The van der Waals surface area contributed by atoms with Crippen LogP contribution in [0.5, 0.6) is 0 Å². The second kappa shape index (κ2) is 8.94. The van der Waals surface area contributed by atoms with Crippen molar-refractivity contribution in [2.45, 2.75) is 49.0 Å². The number of carbonyl (C=O) groups is 1. The summed E-state index contributed by atoms with van der Waals surface area (Å²) in [4.78, 5) is 11.0. The third kappa shape index (κ3) is 4.87. The van der Waals surface area contributed by atoms with Crippen LogP contribution < -0.4 is 0 Å². The summed E-state index contributed by atoms with van der Waals surface area (Å²) < 4.78 is 9.94. The number of hydrogen-bond acceptors (Lipinski definition) is 11. The summed E-state index contributed by atoms with van der Waals surface area (Å²) in [6.45, 7) is -2.40. The molecule has 1 saturated heterocycles. The van der Waals surface area contributed by atoms with Crippen LogP contribution in [0.2, 0.25) is 0 Å². The van der Waals surface area contributed by atoms with Gasteiger partial charge in [-0.25, -0.2) is 0 Å². The van der Waals surface area contributed by atoms with Crippen LogP contribution in [0.4, 0.5) is 0 Å². The number of ether oxygens (including phenoxy) is 2. The van der Waals surface area contributed by atoms with Gasteiger partial charge in [0.15, 0.2) is 12.1 Å². The average Bonchev–Trinajstić information content (AvgIpc) is 2.56. The van der Waals surface area contributed by atoms with Crippen molar-refractivity contribution in [1.82, 2.24) is 0 Å². The lowest BCUT2D eigenvalue weighted by Crippen LogP contribution is -2.59. The van der Waals surface area contributed by atoms with E-state index in [1.807, 2.05) is 0 Å². The summed E-state index contributed by atoms with van der Waals surface area (Å²) in [5.74, 6) is -1.11. The molecule has 136 valence electrons. The molecule has 0 spiro atoms. The van der Waals surface area contributed by atoms with Crippen LogP contribution in [0.25, 0.3) is 0 Å². The Balaban J connectivity index is 2.57. The second-order valence-electron chi connectivity index (χ2n) is 5.16. The number of hydrogen-bond donors (Lipinski definition) is 8. The average molecular weight is 342 g/mol. The van der Waals surface area contributed by atoms with Crippen LogP contribution in [0, 0.1) is 0 Å². The van der Waals surface area contributed by atoms with Gasteiger partial charge < -0.3 is 50.3 Å². The van der Waals surface area contributed by atoms with Gasteiger partial charge in [-0.15, -0.1) is 0 Å². The molecule has 1 aliphatic heterocycles. The summed E-state index contributed by atoms with van der Waals surface area (Å²) in [7, 11) is 0. The summed E-state index contributed by atoms with van der Waals surface area (Å²) in [6, 6.07) is 0. The Morgan fingerprint density at radius 1 is 1.04 bits per heavy atom. The molecular formula is C12H22O11. The Hall–Kier alpha value is -0.730. The van der Waals surface area contributed by atoms with E-state index in [4.69, 9.17) is 19.7 Å². The molecule has 8 atom stereocenters. The van der Waals surface area contributed by atoms with Gasteiger partial charge in [0.25, 0.3) is 0 Å². The third-order valence-electron chi connectivity index (χ3n) is 3.48. The molecule has 1 rings (SSSR count). The molecule has 1 unspecified atom stereocenters. The van der Waals surface area contributed by atoms with Crippen LogP contribution in [0.3, 0.4) is 0 Å². The largest absolute Gasteiger partial charge is 0.394 e. The van der Waals surface area contributed by atoms with Crippen LogP contribution in [0.1, 0.15) is 0 Å². The van der Waals surface area contributed by atoms with Gasteiger partial charge in [-0.2, -0.15) is 0 Å². The fourth-order valence-electron chi connectivity index (χ4n) is 1.99. The van der Waals surface area contributed by atoms with Crippen molar-refractivity contribution >= 4 is 5.78 Å². The van der Waals surface area contributed by atoms with Gasteiger partial charge in [0.05, 0.1) is 13.2 Å². The Labute approximate surface area is 130 Å². The Morgan fingerprint density at radius 2 is 1.65 bits per heavy atom. The zero-order valence-electron chi connectivity index (χ0n) is 12.0. The van der Waals surface area contributed by atoms with Gasteiger partial charge in [-0.1, -0.05) is 0 Å². The lowest BCUT2D eigenvalue weighted by molar-refractivity contribution is -0.306. The SMILES string of the molecule is O=C(CO)[C@H](O)[C@@H](O)[C@H](O)COC1O[C@H](CO)[C@@H](O)[C@H](O)[C@H]1O. The van der Waals surface area contributed by atoms with Gasteiger partial charge in [-0.05, 0) is 0 Å². The molecular weight excluding hydrogens is 320 g/mol. The lowest BCUT2D eigenvalue weighted by Gasteiger charge is -2.40. The maximum atomic E-state index is 11.0. The fourth-order valence-corrected chi connectivity index (χ4v) is 1.99. The van der Waals surface area contributed by atoms with E-state index in [-0.39, 0.29) is 0 Å².